The van der Waals surface area contributed by atoms with Gasteiger partial charge in [0, 0.05) is 41.2 Å². The number of anilines is 2. The molecule has 4 rings (SSSR count). The van der Waals surface area contributed by atoms with Crippen LogP contribution in [0, 0.1) is 11.7 Å². The predicted molar refractivity (Wildman–Crippen MR) is 115 cm³/mol. The highest BCUT2D eigenvalue weighted by atomic mass is 79.9. The Morgan fingerprint density at radius 1 is 1.10 bits per heavy atom. The van der Waals surface area contributed by atoms with Gasteiger partial charge in [-0.1, -0.05) is 34.1 Å². The fourth-order valence-corrected chi connectivity index (χ4v) is 3.86. The highest BCUT2D eigenvalue weighted by Gasteiger charge is 2.27. The standard InChI is InChI=1S/C22H20BrFN4O/c23-18-4-1-5-20(11-18)27-21(29)16-3-2-10-28(14-16)22-25-12-17(13-26-22)15-6-8-19(24)9-7-15/h1,4-9,11-13,16H,2-3,10,14H2,(H,27,29). The van der Waals surface area contributed by atoms with E-state index in [1.165, 1.54) is 12.1 Å². The SMILES string of the molecule is O=C(Nc1cccc(Br)c1)C1CCCN(c2ncc(-c3ccc(F)cc3)cn2)C1. The molecule has 1 fully saturated rings. The number of piperidine rings is 1. The van der Waals surface area contributed by atoms with Crippen molar-refractivity contribution >= 4 is 33.5 Å². The number of carbonyl (C=O) groups excluding carboxylic acids is 1. The summed E-state index contributed by atoms with van der Waals surface area (Å²) >= 11 is 3.42. The van der Waals surface area contributed by atoms with Crippen molar-refractivity contribution in [1.29, 1.82) is 0 Å². The van der Waals surface area contributed by atoms with Crippen LogP contribution >= 0.6 is 15.9 Å². The van der Waals surface area contributed by atoms with E-state index in [-0.39, 0.29) is 17.6 Å². The fourth-order valence-electron chi connectivity index (χ4n) is 3.46. The van der Waals surface area contributed by atoms with Crippen LogP contribution in [-0.4, -0.2) is 29.0 Å². The molecule has 5 nitrogen and oxygen atoms in total. The van der Waals surface area contributed by atoms with Crippen LogP contribution in [-0.2, 0) is 4.79 Å². The van der Waals surface area contributed by atoms with Gasteiger partial charge in [0.2, 0.25) is 11.9 Å². The first-order valence-electron chi connectivity index (χ1n) is 9.48. The predicted octanol–water partition coefficient (Wildman–Crippen LogP) is 4.90. The van der Waals surface area contributed by atoms with Crippen molar-refractivity contribution in [3.8, 4) is 11.1 Å². The topological polar surface area (TPSA) is 58.1 Å². The van der Waals surface area contributed by atoms with E-state index in [0.717, 1.165) is 40.7 Å². The number of nitrogens with zero attached hydrogens (tertiary/aromatic N) is 3. The lowest BCUT2D eigenvalue weighted by Gasteiger charge is -2.32. The van der Waals surface area contributed by atoms with Crippen LogP contribution in [0.25, 0.3) is 11.1 Å². The van der Waals surface area contributed by atoms with Gasteiger partial charge >= 0.3 is 0 Å². The minimum atomic E-state index is -0.271. The Bertz CT molecular complexity index is 994. The summed E-state index contributed by atoms with van der Waals surface area (Å²) in [6, 6.07) is 13.8. The quantitative estimate of drug-likeness (QED) is 0.608. The van der Waals surface area contributed by atoms with Gasteiger partial charge < -0.3 is 10.2 Å². The maximum atomic E-state index is 13.1. The number of hydrogen-bond acceptors (Lipinski definition) is 4. The summed E-state index contributed by atoms with van der Waals surface area (Å²) in [7, 11) is 0. The van der Waals surface area contributed by atoms with Crippen LogP contribution in [0.1, 0.15) is 12.8 Å². The molecule has 148 valence electrons. The molecule has 1 aromatic heterocycles. The number of aromatic nitrogens is 2. The molecule has 7 heteroatoms. The molecule has 2 aromatic carbocycles. The molecule has 2 heterocycles. The molecular weight excluding hydrogens is 435 g/mol. The molecule has 0 aliphatic carbocycles. The minimum Gasteiger partial charge on any atom is -0.340 e. The second-order valence-electron chi connectivity index (χ2n) is 7.06. The minimum absolute atomic E-state index is 0.00994. The third-order valence-electron chi connectivity index (χ3n) is 4.98. The van der Waals surface area contributed by atoms with Gasteiger partial charge in [-0.2, -0.15) is 0 Å². The van der Waals surface area contributed by atoms with Crippen molar-refractivity contribution in [2.45, 2.75) is 12.8 Å². The number of hydrogen-bond donors (Lipinski definition) is 1. The molecule has 29 heavy (non-hydrogen) atoms. The maximum absolute atomic E-state index is 13.1. The lowest BCUT2D eigenvalue weighted by atomic mass is 9.97. The summed E-state index contributed by atoms with van der Waals surface area (Å²) < 4.78 is 14.0. The van der Waals surface area contributed by atoms with Gasteiger partial charge in [-0.25, -0.2) is 14.4 Å². The summed E-state index contributed by atoms with van der Waals surface area (Å²) in [5, 5.41) is 2.99. The second kappa shape index (κ2) is 8.69. The van der Waals surface area contributed by atoms with Crippen molar-refractivity contribution in [3.05, 3.63) is 71.2 Å². The van der Waals surface area contributed by atoms with Gasteiger partial charge in [-0.3, -0.25) is 4.79 Å². The monoisotopic (exact) mass is 454 g/mol. The molecule has 3 aromatic rings. The van der Waals surface area contributed by atoms with Gasteiger partial charge in [0.15, 0.2) is 0 Å². The first-order valence-corrected chi connectivity index (χ1v) is 10.3. The van der Waals surface area contributed by atoms with Crippen molar-refractivity contribution in [3.63, 3.8) is 0 Å². The van der Waals surface area contributed by atoms with Gasteiger partial charge in [0.1, 0.15) is 5.82 Å². The Morgan fingerprint density at radius 3 is 2.59 bits per heavy atom. The van der Waals surface area contributed by atoms with E-state index in [2.05, 4.69) is 31.2 Å². The Labute approximate surface area is 177 Å². The first kappa shape index (κ1) is 19.5. The largest absolute Gasteiger partial charge is 0.340 e. The van der Waals surface area contributed by atoms with E-state index in [1.54, 1.807) is 24.5 Å². The van der Waals surface area contributed by atoms with Crippen LogP contribution in [0.15, 0.2) is 65.4 Å². The summed E-state index contributed by atoms with van der Waals surface area (Å²) in [5.74, 6) is 0.224. The first-order chi connectivity index (χ1) is 14.1. The van der Waals surface area contributed by atoms with E-state index in [1.807, 2.05) is 29.2 Å². The summed E-state index contributed by atoms with van der Waals surface area (Å²) in [5.41, 5.74) is 2.47. The number of rotatable bonds is 4. The number of carbonyl (C=O) groups is 1. The molecule has 0 bridgehead atoms. The molecule has 0 saturated carbocycles. The third-order valence-corrected chi connectivity index (χ3v) is 5.48. The zero-order chi connectivity index (χ0) is 20.2. The van der Waals surface area contributed by atoms with E-state index >= 15 is 0 Å². The van der Waals surface area contributed by atoms with Gasteiger partial charge in [-0.15, -0.1) is 0 Å². The van der Waals surface area contributed by atoms with Crippen LogP contribution in [0.4, 0.5) is 16.0 Å². The zero-order valence-electron chi connectivity index (χ0n) is 15.7. The molecular formula is C22H20BrFN4O. The molecule has 0 radical (unpaired) electrons. The Morgan fingerprint density at radius 2 is 1.86 bits per heavy atom. The van der Waals surface area contributed by atoms with Crippen LogP contribution < -0.4 is 10.2 Å². The molecule has 1 aliphatic rings. The Balaban J connectivity index is 1.42. The van der Waals surface area contributed by atoms with E-state index in [4.69, 9.17) is 0 Å². The third kappa shape index (κ3) is 4.79. The second-order valence-corrected chi connectivity index (χ2v) is 7.98. The average molecular weight is 455 g/mol. The Hall–Kier alpha value is -2.80. The number of amides is 1. The Kier molecular flexibility index (Phi) is 5.85. The number of benzene rings is 2. The molecule has 0 spiro atoms. The van der Waals surface area contributed by atoms with Crippen LogP contribution in [0.2, 0.25) is 0 Å². The lowest BCUT2D eigenvalue weighted by molar-refractivity contribution is -0.120. The summed E-state index contributed by atoms with van der Waals surface area (Å²) in [6.07, 6.45) is 5.21. The van der Waals surface area contributed by atoms with E-state index in [9.17, 15) is 9.18 Å². The fraction of sp³-hybridized carbons (Fsp3) is 0.227. The van der Waals surface area contributed by atoms with Gasteiger partial charge in [-0.05, 0) is 48.7 Å². The van der Waals surface area contributed by atoms with E-state index < -0.39 is 0 Å². The number of halogens is 2. The summed E-state index contributed by atoms with van der Waals surface area (Å²) in [6.45, 7) is 1.40. The molecule has 1 aliphatic heterocycles. The normalized spacial score (nSPS) is 16.5. The van der Waals surface area contributed by atoms with E-state index in [0.29, 0.717) is 12.5 Å². The summed E-state index contributed by atoms with van der Waals surface area (Å²) in [4.78, 5) is 23.7. The highest BCUT2D eigenvalue weighted by Crippen LogP contribution is 2.24. The molecule has 1 atom stereocenters. The lowest BCUT2D eigenvalue weighted by Crippen LogP contribution is -2.41. The van der Waals surface area contributed by atoms with Gasteiger partial charge in [0.25, 0.3) is 0 Å². The smallest absolute Gasteiger partial charge is 0.229 e. The maximum Gasteiger partial charge on any atom is 0.229 e. The molecule has 1 unspecified atom stereocenters. The number of nitrogens with one attached hydrogen (secondary N) is 1. The average Bonchev–Trinajstić information content (AvgIpc) is 2.74. The highest BCUT2D eigenvalue weighted by molar-refractivity contribution is 9.10. The zero-order valence-corrected chi connectivity index (χ0v) is 17.3. The van der Waals surface area contributed by atoms with Crippen molar-refractivity contribution < 1.29 is 9.18 Å². The van der Waals surface area contributed by atoms with Crippen molar-refractivity contribution in [2.75, 3.05) is 23.3 Å². The van der Waals surface area contributed by atoms with Crippen molar-refractivity contribution in [2.24, 2.45) is 5.92 Å². The van der Waals surface area contributed by atoms with Gasteiger partial charge in [0.05, 0.1) is 5.92 Å². The molecule has 1 saturated heterocycles. The van der Waals surface area contributed by atoms with Crippen molar-refractivity contribution in [1.82, 2.24) is 9.97 Å². The van der Waals surface area contributed by atoms with Crippen LogP contribution in [0.5, 0.6) is 0 Å². The molecule has 1 amide bonds. The van der Waals surface area contributed by atoms with Crippen LogP contribution in [0.3, 0.4) is 0 Å². The molecule has 1 N–H and O–H groups in total.